The maximum Gasteiger partial charge on any atom is 0.303 e. The topological polar surface area (TPSA) is 66.4 Å². The summed E-state index contributed by atoms with van der Waals surface area (Å²) in [5, 5.41) is 15.9. The molecular formula is C21H29NO3S. The molecule has 0 radical (unpaired) electrons. The fraction of sp³-hybridized carbons (Fsp3) is 0.619. The Morgan fingerprint density at radius 1 is 1.35 bits per heavy atom. The zero-order valence-electron chi connectivity index (χ0n) is 15.6. The fourth-order valence-corrected chi connectivity index (χ4v) is 5.39. The molecule has 3 aliphatic carbocycles. The Bertz CT molecular complexity index is 665. The third-order valence-corrected chi connectivity index (χ3v) is 7.21. The number of carbonyl (C=O) groups is 2. The number of nitrogens with one attached hydrogen (secondary N) is 1. The molecule has 1 aromatic rings. The first-order valence-electron chi connectivity index (χ1n) is 9.59. The Morgan fingerprint density at radius 2 is 2.15 bits per heavy atom. The Balaban J connectivity index is 1.59. The van der Waals surface area contributed by atoms with Gasteiger partial charge in [-0.05, 0) is 66.7 Å². The number of hydrogen-bond donors (Lipinski definition) is 2. The molecule has 3 aliphatic rings. The monoisotopic (exact) mass is 375 g/mol. The molecule has 4 rings (SSSR count). The average molecular weight is 376 g/mol. The van der Waals surface area contributed by atoms with Crippen LogP contribution in [0, 0.1) is 23.2 Å². The smallest absolute Gasteiger partial charge is 0.303 e. The molecule has 1 aromatic heterocycles. The highest BCUT2D eigenvalue weighted by Gasteiger charge is 2.57. The van der Waals surface area contributed by atoms with Crippen molar-refractivity contribution in [2.24, 2.45) is 23.2 Å². The molecule has 1 amide bonds. The summed E-state index contributed by atoms with van der Waals surface area (Å²) in [6.45, 7) is 4.68. The third kappa shape index (κ3) is 4.03. The summed E-state index contributed by atoms with van der Waals surface area (Å²) in [6, 6.07) is 2.11. The first-order chi connectivity index (χ1) is 12.4. The van der Waals surface area contributed by atoms with Crippen LogP contribution >= 0.6 is 11.3 Å². The van der Waals surface area contributed by atoms with E-state index in [0.29, 0.717) is 23.7 Å². The minimum Gasteiger partial charge on any atom is -0.481 e. The van der Waals surface area contributed by atoms with Crippen molar-refractivity contribution >= 4 is 23.2 Å². The molecule has 142 valence electrons. The Hall–Kier alpha value is -1.62. The summed E-state index contributed by atoms with van der Waals surface area (Å²) < 4.78 is 0. The second kappa shape index (κ2) is 7.95. The number of allylic oxidation sites excluding steroid dienone is 2. The van der Waals surface area contributed by atoms with Crippen LogP contribution in [0.25, 0.3) is 0 Å². The minimum absolute atomic E-state index is 0.0489. The second-order valence-corrected chi connectivity index (χ2v) is 9.14. The van der Waals surface area contributed by atoms with Gasteiger partial charge in [-0.25, -0.2) is 0 Å². The molecule has 0 unspecified atom stereocenters. The van der Waals surface area contributed by atoms with Crippen LogP contribution in [0.15, 0.2) is 29.0 Å². The molecule has 4 nitrogen and oxygen atoms in total. The van der Waals surface area contributed by atoms with Gasteiger partial charge in [-0.3, -0.25) is 9.59 Å². The Kier molecular flexibility index (Phi) is 5.86. The lowest BCUT2D eigenvalue weighted by atomic mass is 9.44. The quantitative estimate of drug-likeness (QED) is 0.510. The highest BCUT2D eigenvalue weighted by atomic mass is 32.1. The molecule has 26 heavy (non-hydrogen) atoms. The van der Waals surface area contributed by atoms with E-state index in [0.717, 1.165) is 30.7 Å². The van der Waals surface area contributed by atoms with Crippen LogP contribution in [-0.2, 0) is 4.79 Å². The van der Waals surface area contributed by atoms with Crippen LogP contribution in [0.5, 0.6) is 0 Å². The third-order valence-electron chi connectivity index (χ3n) is 6.52. The van der Waals surface area contributed by atoms with Gasteiger partial charge in [0.25, 0.3) is 5.91 Å². The van der Waals surface area contributed by atoms with Crippen LogP contribution < -0.4 is 5.32 Å². The molecule has 3 saturated carbocycles. The van der Waals surface area contributed by atoms with Gasteiger partial charge in [-0.15, -0.1) is 0 Å². The molecule has 3 fully saturated rings. The molecule has 0 spiro atoms. The largest absolute Gasteiger partial charge is 0.481 e. The Labute approximate surface area is 159 Å². The van der Waals surface area contributed by atoms with E-state index >= 15 is 0 Å². The van der Waals surface area contributed by atoms with Crippen molar-refractivity contribution in [1.82, 2.24) is 5.32 Å². The SMILES string of the molecule is CC1(C)[C@@H]2C[C@H](C/C=C\CCCC(=O)O)[C@@H](NC(=O)c3ccsc3)[C@H]1C2. The number of fused-ring (bicyclic) bond motifs is 2. The summed E-state index contributed by atoms with van der Waals surface area (Å²) >= 11 is 1.55. The van der Waals surface area contributed by atoms with Gasteiger partial charge in [0.05, 0.1) is 0 Å². The number of hydrogen-bond acceptors (Lipinski definition) is 3. The Morgan fingerprint density at radius 3 is 2.81 bits per heavy atom. The molecule has 0 aromatic carbocycles. The van der Waals surface area contributed by atoms with E-state index in [4.69, 9.17) is 5.11 Å². The number of aliphatic carboxylic acids is 1. The molecule has 2 bridgehead atoms. The first-order valence-corrected chi connectivity index (χ1v) is 10.5. The summed E-state index contributed by atoms with van der Waals surface area (Å²) in [7, 11) is 0. The van der Waals surface area contributed by atoms with Crippen molar-refractivity contribution in [3.63, 3.8) is 0 Å². The molecule has 2 N–H and O–H groups in total. The summed E-state index contributed by atoms with van der Waals surface area (Å²) in [5.41, 5.74) is 1.08. The lowest BCUT2D eigenvalue weighted by Crippen LogP contribution is -2.63. The lowest BCUT2D eigenvalue weighted by molar-refractivity contribution is -0.137. The number of unbranched alkanes of at least 4 members (excludes halogenated alkanes) is 1. The van der Waals surface area contributed by atoms with Gasteiger partial charge in [-0.1, -0.05) is 26.0 Å². The summed E-state index contributed by atoms with van der Waals surface area (Å²) in [5.74, 6) is 1.10. The molecule has 4 atom stereocenters. The van der Waals surface area contributed by atoms with E-state index in [-0.39, 0.29) is 18.4 Å². The van der Waals surface area contributed by atoms with Crippen LogP contribution in [0.2, 0.25) is 0 Å². The molecular weight excluding hydrogens is 346 g/mol. The van der Waals surface area contributed by atoms with E-state index in [1.54, 1.807) is 11.3 Å². The molecule has 5 heteroatoms. The lowest BCUT2D eigenvalue weighted by Gasteiger charge is -2.62. The van der Waals surface area contributed by atoms with Crippen molar-refractivity contribution in [3.05, 3.63) is 34.5 Å². The zero-order valence-corrected chi connectivity index (χ0v) is 16.4. The maximum atomic E-state index is 12.6. The van der Waals surface area contributed by atoms with Gasteiger partial charge in [0.1, 0.15) is 0 Å². The van der Waals surface area contributed by atoms with E-state index in [2.05, 4.69) is 31.3 Å². The van der Waals surface area contributed by atoms with E-state index in [1.165, 1.54) is 6.42 Å². The van der Waals surface area contributed by atoms with Crippen LogP contribution in [0.3, 0.4) is 0 Å². The van der Waals surface area contributed by atoms with Crippen molar-refractivity contribution < 1.29 is 14.7 Å². The normalized spacial score (nSPS) is 29.3. The number of thiophene rings is 1. The van der Waals surface area contributed by atoms with Crippen molar-refractivity contribution in [3.8, 4) is 0 Å². The minimum atomic E-state index is -0.732. The molecule has 1 heterocycles. The van der Waals surface area contributed by atoms with Gasteiger partial charge in [0.15, 0.2) is 0 Å². The van der Waals surface area contributed by atoms with Crippen LogP contribution in [0.4, 0.5) is 0 Å². The summed E-state index contributed by atoms with van der Waals surface area (Å²) in [4.78, 5) is 23.2. The van der Waals surface area contributed by atoms with Gasteiger partial charge < -0.3 is 10.4 Å². The van der Waals surface area contributed by atoms with Crippen molar-refractivity contribution in [1.29, 1.82) is 0 Å². The van der Waals surface area contributed by atoms with Gasteiger partial charge >= 0.3 is 5.97 Å². The van der Waals surface area contributed by atoms with Crippen molar-refractivity contribution in [2.75, 3.05) is 0 Å². The van der Waals surface area contributed by atoms with Crippen LogP contribution in [0.1, 0.15) is 62.7 Å². The van der Waals surface area contributed by atoms with Gasteiger partial charge in [0, 0.05) is 23.4 Å². The zero-order chi connectivity index (χ0) is 18.7. The second-order valence-electron chi connectivity index (χ2n) is 8.36. The molecule has 0 saturated heterocycles. The predicted molar refractivity (Wildman–Crippen MR) is 104 cm³/mol. The van der Waals surface area contributed by atoms with E-state index in [1.807, 2.05) is 16.8 Å². The van der Waals surface area contributed by atoms with E-state index in [9.17, 15) is 9.59 Å². The fourth-order valence-electron chi connectivity index (χ4n) is 4.76. The van der Waals surface area contributed by atoms with Crippen LogP contribution in [-0.4, -0.2) is 23.0 Å². The first kappa shape index (κ1) is 19.2. The maximum absolute atomic E-state index is 12.6. The number of rotatable bonds is 8. The number of amides is 1. The average Bonchev–Trinajstić information content (AvgIpc) is 3.13. The highest BCUT2D eigenvalue weighted by Crippen LogP contribution is 2.61. The number of carbonyl (C=O) groups excluding carboxylic acids is 1. The van der Waals surface area contributed by atoms with Gasteiger partial charge in [0.2, 0.25) is 0 Å². The molecule has 0 aliphatic heterocycles. The highest BCUT2D eigenvalue weighted by molar-refractivity contribution is 7.08. The number of carboxylic acid groups (broad SMARTS) is 1. The number of carboxylic acids is 1. The summed E-state index contributed by atoms with van der Waals surface area (Å²) in [6.07, 6.45) is 9.37. The van der Waals surface area contributed by atoms with Crippen molar-refractivity contribution in [2.45, 2.75) is 58.4 Å². The van der Waals surface area contributed by atoms with Gasteiger partial charge in [-0.2, -0.15) is 11.3 Å². The predicted octanol–water partition coefficient (Wildman–Crippen LogP) is 4.73. The van der Waals surface area contributed by atoms with E-state index < -0.39 is 5.97 Å². The standard InChI is InChI=1S/C21H29NO3S/c1-21(2)16-11-14(7-5-3-4-6-8-18(23)24)19(17(21)12-16)22-20(25)15-9-10-26-13-15/h3,5,9-10,13-14,16-17,19H,4,6-8,11-12H2,1-2H3,(H,22,25)(H,23,24)/b5-3-/t14-,16+,17+,19+/m0/s1.